The Bertz CT molecular complexity index is 449. The summed E-state index contributed by atoms with van der Waals surface area (Å²) in [7, 11) is 0. The topological polar surface area (TPSA) is 37.3 Å². The number of allylic oxidation sites excluding steroid dienone is 4. The molecule has 1 aromatic carbocycles. The fraction of sp³-hybridized carbons (Fsp3) is 0.0833. The summed E-state index contributed by atoms with van der Waals surface area (Å²) in [4.78, 5) is 10.7. The molecule has 0 saturated carbocycles. The molecule has 0 saturated heterocycles. The lowest BCUT2D eigenvalue weighted by molar-refractivity contribution is 0.0697. The molecule has 2 rings (SSSR count). The number of aromatic carboxylic acids is 1. The van der Waals surface area contributed by atoms with Crippen molar-refractivity contribution < 1.29 is 9.90 Å². The van der Waals surface area contributed by atoms with Crippen LogP contribution in [0.1, 0.15) is 21.8 Å². The van der Waals surface area contributed by atoms with Crippen molar-refractivity contribution in [3.8, 4) is 0 Å². The normalized spacial score (nSPS) is 14.7. The zero-order valence-electron chi connectivity index (χ0n) is 7.85. The zero-order valence-corrected chi connectivity index (χ0v) is 8.61. The Labute approximate surface area is 92.5 Å². The Kier molecular flexibility index (Phi) is 2.60. The molecule has 0 amide bonds. The molecule has 76 valence electrons. The molecule has 15 heavy (non-hydrogen) atoms. The van der Waals surface area contributed by atoms with Gasteiger partial charge in [0.2, 0.25) is 0 Å². The van der Waals surface area contributed by atoms with Gasteiger partial charge in [0.25, 0.3) is 0 Å². The van der Waals surface area contributed by atoms with E-state index in [1.165, 1.54) is 0 Å². The van der Waals surface area contributed by atoms with Gasteiger partial charge in [-0.2, -0.15) is 0 Å². The summed E-state index contributed by atoms with van der Waals surface area (Å²) in [6.07, 6.45) is 7.99. The van der Waals surface area contributed by atoms with E-state index in [0.717, 1.165) is 5.56 Å². The molecule has 3 heteroatoms. The Morgan fingerprint density at radius 1 is 1.27 bits per heavy atom. The first-order chi connectivity index (χ1) is 7.18. The molecule has 1 N–H and O–H groups in total. The van der Waals surface area contributed by atoms with Gasteiger partial charge in [-0.05, 0) is 17.7 Å². The Morgan fingerprint density at radius 2 is 1.93 bits per heavy atom. The van der Waals surface area contributed by atoms with E-state index >= 15 is 0 Å². The van der Waals surface area contributed by atoms with E-state index in [-0.39, 0.29) is 16.5 Å². The van der Waals surface area contributed by atoms with Crippen LogP contribution in [0.15, 0.2) is 42.5 Å². The van der Waals surface area contributed by atoms with Gasteiger partial charge in [0.1, 0.15) is 0 Å². The SMILES string of the molecule is O=C(O)c1ccc(C2C=CC=C2)cc1Cl. The Balaban J connectivity index is 2.37. The Hall–Kier alpha value is -1.54. The average molecular weight is 221 g/mol. The van der Waals surface area contributed by atoms with Gasteiger partial charge in [0.05, 0.1) is 10.6 Å². The quantitative estimate of drug-likeness (QED) is 0.831. The van der Waals surface area contributed by atoms with Crippen molar-refractivity contribution in [3.63, 3.8) is 0 Å². The fourth-order valence-corrected chi connectivity index (χ4v) is 1.84. The van der Waals surface area contributed by atoms with Crippen molar-refractivity contribution in [3.05, 3.63) is 58.7 Å². The minimum absolute atomic E-state index is 0.145. The van der Waals surface area contributed by atoms with Crippen molar-refractivity contribution in [1.29, 1.82) is 0 Å². The van der Waals surface area contributed by atoms with Crippen LogP contribution in [0, 0.1) is 0 Å². The number of carboxylic acids is 1. The van der Waals surface area contributed by atoms with Crippen LogP contribution >= 0.6 is 11.6 Å². The van der Waals surface area contributed by atoms with E-state index in [2.05, 4.69) is 0 Å². The van der Waals surface area contributed by atoms with Crippen LogP contribution in [0.3, 0.4) is 0 Å². The highest BCUT2D eigenvalue weighted by atomic mass is 35.5. The monoisotopic (exact) mass is 220 g/mol. The van der Waals surface area contributed by atoms with Crippen LogP contribution in [0.4, 0.5) is 0 Å². The van der Waals surface area contributed by atoms with Gasteiger partial charge in [-0.3, -0.25) is 0 Å². The molecular formula is C12H9ClO2. The van der Waals surface area contributed by atoms with Gasteiger partial charge in [-0.15, -0.1) is 0 Å². The third kappa shape index (κ3) is 1.95. The number of rotatable bonds is 2. The molecule has 0 unspecified atom stereocenters. The highest BCUT2D eigenvalue weighted by Gasteiger charge is 2.12. The summed E-state index contributed by atoms with van der Waals surface area (Å²) in [5, 5.41) is 9.10. The van der Waals surface area contributed by atoms with E-state index < -0.39 is 5.97 Å². The van der Waals surface area contributed by atoms with Gasteiger partial charge in [-0.1, -0.05) is 42.0 Å². The van der Waals surface area contributed by atoms with E-state index in [0.29, 0.717) is 0 Å². The summed E-state index contributed by atoms with van der Waals surface area (Å²) in [6.45, 7) is 0. The second-order valence-electron chi connectivity index (χ2n) is 3.34. The molecule has 2 nitrogen and oxygen atoms in total. The minimum atomic E-state index is -0.996. The molecule has 0 spiro atoms. The lowest BCUT2D eigenvalue weighted by Crippen LogP contribution is -1.99. The first kappa shape index (κ1) is 9.99. The smallest absolute Gasteiger partial charge is 0.337 e. The number of hydrogen-bond acceptors (Lipinski definition) is 1. The van der Waals surface area contributed by atoms with Crippen molar-refractivity contribution in [2.24, 2.45) is 0 Å². The number of benzene rings is 1. The van der Waals surface area contributed by atoms with Crippen molar-refractivity contribution in [2.75, 3.05) is 0 Å². The van der Waals surface area contributed by atoms with Gasteiger partial charge < -0.3 is 5.11 Å². The fourth-order valence-electron chi connectivity index (χ4n) is 1.57. The molecule has 0 atom stereocenters. The lowest BCUT2D eigenvalue weighted by Gasteiger charge is -2.07. The maximum atomic E-state index is 10.7. The minimum Gasteiger partial charge on any atom is -0.478 e. The molecule has 0 aromatic heterocycles. The summed E-state index contributed by atoms with van der Waals surface area (Å²) < 4.78 is 0. The lowest BCUT2D eigenvalue weighted by atomic mass is 9.99. The summed E-state index contributed by atoms with van der Waals surface area (Å²) >= 11 is 5.87. The van der Waals surface area contributed by atoms with Crippen LogP contribution in [0.25, 0.3) is 0 Å². The van der Waals surface area contributed by atoms with E-state index in [1.54, 1.807) is 18.2 Å². The van der Waals surface area contributed by atoms with Crippen LogP contribution in [-0.4, -0.2) is 11.1 Å². The van der Waals surface area contributed by atoms with Gasteiger partial charge in [0.15, 0.2) is 0 Å². The van der Waals surface area contributed by atoms with Gasteiger partial charge in [0, 0.05) is 5.92 Å². The molecule has 0 fully saturated rings. The third-order valence-corrected chi connectivity index (χ3v) is 2.67. The van der Waals surface area contributed by atoms with Crippen molar-refractivity contribution in [1.82, 2.24) is 0 Å². The first-order valence-corrected chi connectivity index (χ1v) is 4.94. The molecular weight excluding hydrogens is 212 g/mol. The second kappa shape index (κ2) is 3.91. The second-order valence-corrected chi connectivity index (χ2v) is 3.75. The maximum absolute atomic E-state index is 10.7. The van der Waals surface area contributed by atoms with Gasteiger partial charge in [-0.25, -0.2) is 4.79 Å². The Morgan fingerprint density at radius 3 is 2.47 bits per heavy atom. The predicted octanol–water partition coefficient (Wildman–Crippen LogP) is 3.25. The molecule has 1 aromatic rings. The maximum Gasteiger partial charge on any atom is 0.337 e. The first-order valence-electron chi connectivity index (χ1n) is 4.56. The van der Waals surface area contributed by atoms with E-state index in [9.17, 15) is 4.79 Å². The standard InChI is InChI=1S/C12H9ClO2/c13-11-7-9(8-3-1-2-4-8)5-6-10(11)12(14)15/h1-8H,(H,14,15). The molecule has 0 bridgehead atoms. The molecule has 1 aliphatic carbocycles. The van der Waals surface area contributed by atoms with Crippen molar-refractivity contribution >= 4 is 17.6 Å². The van der Waals surface area contributed by atoms with E-state index in [4.69, 9.17) is 16.7 Å². The predicted molar refractivity (Wildman–Crippen MR) is 59.4 cm³/mol. The number of carboxylic acid groups (broad SMARTS) is 1. The molecule has 0 aliphatic heterocycles. The number of carbonyl (C=O) groups is 1. The zero-order chi connectivity index (χ0) is 10.8. The van der Waals surface area contributed by atoms with Gasteiger partial charge >= 0.3 is 5.97 Å². The highest BCUT2D eigenvalue weighted by molar-refractivity contribution is 6.33. The summed E-state index contributed by atoms with van der Waals surface area (Å²) in [5.74, 6) is -0.783. The number of halogens is 1. The van der Waals surface area contributed by atoms with Crippen LogP contribution in [0.5, 0.6) is 0 Å². The van der Waals surface area contributed by atoms with Crippen LogP contribution in [0.2, 0.25) is 5.02 Å². The third-order valence-electron chi connectivity index (χ3n) is 2.36. The molecule has 0 heterocycles. The average Bonchev–Trinajstić information content (AvgIpc) is 2.69. The van der Waals surface area contributed by atoms with Crippen LogP contribution < -0.4 is 0 Å². The largest absolute Gasteiger partial charge is 0.478 e. The van der Waals surface area contributed by atoms with Crippen molar-refractivity contribution in [2.45, 2.75) is 5.92 Å². The molecule has 1 aliphatic rings. The molecule has 0 radical (unpaired) electrons. The van der Waals surface area contributed by atoms with E-state index in [1.807, 2.05) is 24.3 Å². The summed E-state index contributed by atoms with van der Waals surface area (Å²) in [5.41, 5.74) is 1.15. The summed E-state index contributed by atoms with van der Waals surface area (Å²) in [6, 6.07) is 5.04. The highest BCUT2D eigenvalue weighted by Crippen LogP contribution is 2.27. The van der Waals surface area contributed by atoms with Crippen LogP contribution in [-0.2, 0) is 0 Å². The number of hydrogen-bond donors (Lipinski definition) is 1.